The van der Waals surface area contributed by atoms with Crippen molar-refractivity contribution in [1.29, 1.82) is 0 Å². The average molecular weight is 493 g/mol. The van der Waals surface area contributed by atoms with E-state index in [1.165, 1.54) is 9.47 Å². The maximum atomic E-state index is 13.4. The number of benzene rings is 2. The Morgan fingerprint density at radius 2 is 1.92 bits per heavy atom. The van der Waals surface area contributed by atoms with E-state index in [2.05, 4.69) is 4.98 Å². The van der Waals surface area contributed by atoms with Gasteiger partial charge in [-0.2, -0.15) is 0 Å². The van der Waals surface area contributed by atoms with Crippen LogP contribution >= 0.6 is 0 Å². The van der Waals surface area contributed by atoms with Gasteiger partial charge in [-0.15, -0.1) is 0 Å². The van der Waals surface area contributed by atoms with Gasteiger partial charge in [0.1, 0.15) is 11.4 Å². The number of ether oxygens (including phenoxy) is 2. The van der Waals surface area contributed by atoms with Crippen molar-refractivity contribution in [1.82, 2.24) is 9.55 Å². The van der Waals surface area contributed by atoms with Crippen LogP contribution in [0.2, 0.25) is 0 Å². The number of nitrogens with two attached hydrogens (primary N) is 1. The summed E-state index contributed by atoms with van der Waals surface area (Å²) in [6.07, 6.45) is 2.17. The summed E-state index contributed by atoms with van der Waals surface area (Å²) < 4.78 is 13.2. The lowest BCUT2D eigenvalue weighted by Crippen LogP contribution is -2.43. The Labute approximate surface area is 209 Å². The van der Waals surface area contributed by atoms with Crippen molar-refractivity contribution >= 4 is 17.4 Å². The molecule has 0 spiro atoms. The van der Waals surface area contributed by atoms with E-state index in [-0.39, 0.29) is 36.8 Å². The molecule has 1 aliphatic heterocycles. The molecule has 0 fully saturated rings. The van der Waals surface area contributed by atoms with Gasteiger partial charge >= 0.3 is 5.69 Å². The van der Waals surface area contributed by atoms with E-state index in [0.29, 0.717) is 17.9 Å². The molecule has 0 radical (unpaired) electrons. The van der Waals surface area contributed by atoms with Gasteiger partial charge in [0.15, 0.2) is 23.8 Å². The summed E-state index contributed by atoms with van der Waals surface area (Å²) in [4.78, 5) is 42.5. The van der Waals surface area contributed by atoms with Crippen molar-refractivity contribution in [2.45, 2.75) is 52.2 Å². The topological polar surface area (TPSA) is 120 Å². The van der Waals surface area contributed by atoms with Crippen LogP contribution in [0.25, 0.3) is 0 Å². The molecule has 3 N–H and O–H groups in total. The lowest BCUT2D eigenvalue weighted by molar-refractivity contribution is -0.120. The molecule has 3 aromatic rings. The highest BCUT2D eigenvalue weighted by Gasteiger charge is 2.33. The summed E-state index contributed by atoms with van der Waals surface area (Å²) in [6.45, 7) is 6.06. The number of nitrogens with zero attached hydrogens (tertiary/aromatic N) is 2. The summed E-state index contributed by atoms with van der Waals surface area (Å²) in [5.41, 5.74) is 6.44. The highest BCUT2D eigenvalue weighted by atomic mass is 16.5. The van der Waals surface area contributed by atoms with Gasteiger partial charge in [-0.1, -0.05) is 55.8 Å². The van der Waals surface area contributed by atoms with Gasteiger partial charge in [0.2, 0.25) is 0 Å². The number of nitrogens with one attached hydrogen (secondary N) is 1. The number of carbonyl (C=O) groups is 1. The highest BCUT2D eigenvalue weighted by molar-refractivity contribution is 5.96. The number of H-pyrrole nitrogens is 1. The Balaban J connectivity index is 1.62. The van der Waals surface area contributed by atoms with E-state index in [1.54, 1.807) is 6.07 Å². The molecule has 0 saturated heterocycles. The molecule has 9 nitrogen and oxygen atoms in total. The number of para-hydroxylation sites is 1. The standard InChI is InChI=1S/C27H32N4O5/c1-4-5-14-30(21(32)17-35-20-13-9-12-19-15-27(2,3)36-23(19)20)22-24(28)31(26(34)29-25(22)33)16-18-10-7-6-8-11-18/h6-13H,4-5,14-17,28H2,1-3H3,(H,29,33,34). The molecule has 0 saturated carbocycles. The zero-order chi connectivity index (χ0) is 25.9. The number of nitrogen functional groups attached to an aromatic ring is 1. The van der Waals surface area contributed by atoms with Crippen molar-refractivity contribution in [3.8, 4) is 11.5 Å². The lowest BCUT2D eigenvalue weighted by atomic mass is 10.0. The number of aromatic amines is 1. The molecule has 1 aromatic heterocycles. The summed E-state index contributed by atoms with van der Waals surface area (Å²) in [7, 11) is 0. The molecule has 36 heavy (non-hydrogen) atoms. The van der Waals surface area contributed by atoms with E-state index in [4.69, 9.17) is 15.2 Å². The van der Waals surface area contributed by atoms with Crippen LogP contribution in [0, 0.1) is 0 Å². The average Bonchev–Trinajstić information content (AvgIpc) is 3.17. The quantitative estimate of drug-likeness (QED) is 0.474. The molecular formula is C27H32N4O5. The smallest absolute Gasteiger partial charge is 0.330 e. The first-order chi connectivity index (χ1) is 17.2. The maximum Gasteiger partial charge on any atom is 0.330 e. The second-order valence-electron chi connectivity index (χ2n) is 9.54. The van der Waals surface area contributed by atoms with Crippen molar-refractivity contribution < 1.29 is 14.3 Å². The van der Waals surface area contributed by atoms with Crippen molar-refractivity contribution in [2.24, 2.45) is 0 Å². The Bertz CT molecular complexity index is 1360. The fourth-order valence-electron chi connectivity index (χ4n) is 4.36. The fourth-order valence-corrected chi connectivity index (χ4v) is 4.36. The summed E-state index contributed by atoms with van der Waals surface area (Å²) >= 11 is 0. The molecule has 190 valence electrons. The number of hydrogen-bond donors (Lipinski definition) is 2. The molecule has 2 aromatic carbocycles. The van der Waals surface area contributed by atoms with Gasteiger partial charge in [-0.25, -0.2) is 4.79 Å². The predicted octanol–water partition coefficient (Wildman–Crippen LogP) is 3.09. The lowest BCUT2D eigenvalue weighted by Gasteiger charge is -2.25. The van der Waals surface area contributed by atoms with Crippen LogP contribution in [0.4, 0.5) is 11.5 Å². The molecule has 1 amide bonds. The monoisotopic (exact) mass is 492 g/mol. The van der Waals surface area contributed by atoms with Crippen molar-refractivity contribution in [3.05, 3.63) is 80.5 Å². The van der Waals surface area contributed by atoms with Crippen LogP contribution in [0.1, 0.15) is 44.7 Å². The number of anilines is 2. The Morgan fingerprint density at radius 3 is 2.64 bits per heavy atom. The molecule has 0 aliphatic carbocycles. The number of aromatic nitrogens is 2. The van der Waals surface area contributed by atoms with E-state index >= 15 is 0 Å². The molecule has 0 atom stereocenters. The third-order valence-electron chi connectivity index (χ3n) is 6.11. The Morgan fingerprint density at radius 1 is 1.17 bits per heavy atom. The maximum absolute atomic E-state index is 13.4. The second-order valence-corrected chi connectivity index (χ2v) is 9.54. The van der Waals surface area contributed by atoms with Crippen LogP contribution in [0.3, 0.4) is 0 Å². The van der Waals surface area contributed by atoms with Crippen LogP contribution in [0.15, 0.2) is 58.1 Å². The Hall–Kier alpha value is -4.01. The minimum atomic E-state index is -0.711. The first-order valence-electron chi connectivity index (χ1n) is 12.1. The van der Waals surface area contributed by atoms with Gasteiger partial charge in [0.25, 0.3) is 11.5 Å². The normalized spacial score (nSPS) is 13.6. The number of unbranched alkanes of at least 4 members (excludes halogenated alkanes) is 1. The van der Waals surface area contributed by atoms with Crippen LogP contribution in [-0.2, 0) is 17.8 Å². The fraction of sp³-hybridized carbons (Fsp3) is 0.370. The van der Waals surface area contributed by atoms with Crippen molar-refractivity contribution in [3.63, 3.8) is 0 Å². The molecule has 9 heteroatoms. The first-order valence-corrected chi connectivity index (χ1v) is 12.1. The molecular weight excluding hydrogens is 460 g/mol. The number of fused-ring (bicyclic) bond motifs is 1. The minimum Gasteiger partial charge on any atom is -0.483 e. The third-order valence-corrected chi connectivity index (χ3v) is 6.11. The summed E-state index contributed by atoms with van der Waals surface area (Å²) in [5, 5.41) is 0. The second kappa shape index (κ2) is 10.3. The SMILES string of the molecule is CCCCN(C(=O)COc1cccc2c1OC(C)(C)C2)c1c(N)n(Cc2ccccc2)c(=O)[nH]c1=O. The molecule has 1 aliphatic rings. The highest BCUT2D eigenvalue weighted by Crippen LogP contribution is 2.41. The van der Waals surface area contributed by atoms with E-state index in [9.17, 15) is 14.4 Å². The third kappa shape index (κ3) is 5.30. The van der Waals surface area contributed by atoms with Crippen molar-refractivity contribution in [2.75, 3.05) is 23.8 Å². The van der Waals surface area contributed by atoms with Crippen LogP contribution in [0.5, 0.6) is 11.5 Å². The number of hydrogen-bond acceptors (Lipinski definition) is 6. The van der Waals surface area contributed by atoms with E-state index in [1.807, 2.05) is 63.2 Å². The van der Waals surface area contributed by atoms with Gasteiger partial charge < -0.3 is 20.1 Å². The zero-order valence-electron chi connectivity index (χ0n) is 20.9. The van der Waals surface area contributed by atoms with Crippen LogP contribution in [-0.4, -0.2) is 34.2 Å². The molecule has 4 rings (SSSR count). The predicted molar refractivity (Wildman–Crippen MR) is 139 cm³/mol. The van der Waals surface area contributed by atoms with Gasteiger partial charge in [-0.05, 0) is 31.9 Å². The van der Waals surface area contributed by atoms with Gasteiger partial charge in [-0.3, -0.25) is 19.1 Å². The number of amides is 1. The largest absolute Gasteiger partial charge is 0.483 e. The van der Waals surface area contributed by atoms with Gasteiger partial charge in [0, 0.05) is 18.5 Å². The molecule has 0 bridgehead atoms. The summed E-state index contributed by atoms with van der Waals surface area (Å²) in [5.74, 6) is 0.588. The van der Waals surface area contributed by atoms with E-state index < -0.39 is 17.2 Å². The minimum absolute atomic E-state index is 0.0525. The Kier molecular flexibility index (Phi) is 7.19. The first kappa shape index (κ1) is 25.1. The van der Waals surface area contributed by atoms with E-state index in [0.717, 1.165) is 24.0 Å². The summed E-state index contributed by atoms with van der Waals surface area (Å²) in [6, 6.07) is 14.9. The number of carbonyl (C=O) groups excluding carboxylic acids is 1. The van der Waals surface area contributed by atoms with Crippen LogP contribution < -0.4 is 31.4 Å². The van der Waals surface area contributed by atoms with Gasteiger partial charge in [0.05, 0.1) is 6.54 Å². The molecule has 2 heterocycles. The zero-order valence-corrected chi connectivity index (χ0v) is 20.9. The molecule has 0 unspecified atom stereocenters. The number of rotatable bonds is 9.